The molecule has 3 aromatic rings. The number of benzene rings is 2. The van der Waals surface area contributed by atoms with Crippen molar-refractivity contribution in [2.24, 2.45) is 5.41 Å². The lowest BCUT2D eigenvalue weighted by atomic mass is 9.63. The molecule has 206 valence electrons. The Labute approximate surface area is 238 Å². The molecule has 39 heavy (non-hydrogen) atoms. The molecule has 1 aliphatic heterocycles. The van der Waals surface area contributed by atoms with Gasteiger partial charge in [0.05, 0.1) is 31.4 Å². The number of hydrogen-bond acceptors (Lipinski definition) is 6. The van der Waals surface area contributed by atoms with Gasteiger partial charge in [-0.1, -0.05) is 68.2 Å². The Morgan fingerprint density at radius 1 is 1.21 bits per heavy atom. The molecule has 0 saturated carbocycles. The normalized spacial score (nSPS) is 23.8. The van der Waals surface area contributed by atoms with Gasteiger partial charge in [0.15, 0.2) is 5.82 Å². The van der Waals surface area contributed by atoms with E-state index in [-0.39, 0.29) is 23.9 Å². The summed E-state index contributed by atoms with van der Waals surface area (Å²) in [6.07, 6.45) is 1.27. The van der Waals surface area contributed by atoms with Crippen molar-refractivity contribution in [2.75, 3.05) is 11.9 Å². The smallest absolute Gasteiger partial charge is 0.243 e. The molecule has 4 N–H and O–H groups in total. The fraction of sp³-hybridized carbons (Fsp3) is 0.414. The molecular weight excluding hydrogens is 537 g/mol. The number of nitrogens with one attached hydrogen (secondary N) is 2. The summed E-state index contributed by atoms with van der Waals surface area (Å²) in [5.74, 6) is -0.643. The quantitative estimate of drug-likeness (QED) is 0.316. The Morgan fingerprint density at radius 2 is 1.92 bits per heavy atom. The van der Waals surface area contributed by atoms with Crippen molar-refractivity contribution >= 4 is 34.9 Å². The van der Waals surface area contributed by atoms with Crippen LogP contribution in [0.3, 0.4) is 0 Å². The number of aliphatic hydroxyl groups excluding tert-OH is 2. The van der Waals surface area contributed by atoms with E-state index in [0.29, 0.717) is 22.3 Å². The van der Waals surface area contributed by atoms with Crippen LogP contribution in [-0.2, 0) is 16.8 Å². The molecule has 1 aromatic heterocycles. The number of aliphatic hydroxyl groups is 2. The molecule has 0 bridgehead atoms. The minimum Gasteiger partial charge on any atom is -0.394 e. The topological polar surface area (TPSA) is 123 Å². The fourth-order valence-electron chi connectivity index (χ4n) is 5.46. The van der Waals surface area contributed by atoms with E-state index < -0.39 is 30.1 Å². The van der Waals surface area contributed by atoms with Crippen LogP contribution in [0.2, 0.25) is 10.0 Å². The summed E-state index contributed by atoms with van der Waals surface area (Å²) < 4.78 is 1.45. The highest BCUT2D eigenvalue weighted by atomic mass is 35.5. The van der Waals surface area contributed by atoms with E-state index in [4.69, 9.17) is 28.3 Å². The second-order valence-electron chi connectivity index (χ2n) is 11.2. The molecule has 1 amide bonds. The SMILES string of the molecule is CC(C)(C)C[C@@H]1N[C@@H](C(=O)Nc2ccn(C[C@@H](O)CO)n2)[C@H](c2cccc(Cl)c2)[C@@]1(C#N)c1ccc(Cl)cc1. The van der Waals surface area contributed by atoms with Crippen molar-refractivity contribution in [2.45, 2.75) is 63.3 Å². The van der Waals surface area contributed by atoms with Crippen molar-refractivity contribution in [1.29, 1.82) is 5.26 Å². The third-order valence-corrected chi connectivity index (χ3v) is 7.56. The number of nitriles is 1. The molecule has 0 unspecified atom stereocenters. The molecule has 2 heterocycles. The Balaban J connectivity index is 1.80. The lowest BCUT2D eigenvalue weighted by Gasteiger charge is -2.37. The lowest BCUT2D eigenvalue weighted by Crippen LogP contribution is -2.44. The van der Waals surface area contributed by atoms with Gasteiger partial charge in [-0.15, -0.1) is 0 Å². The van der Waals surface area contributed by atoms with Gasteiger partial charge >= 0.3 is 0 Å². The lowest BCUT2D eigenvalue weighted by molar-refractivity contribution is -0.118. The molecule has 8 nitrogen and oxygen atoms in total. The average molecular weight is 571 g/mol. The van der Waals surface area contributed by atoms with Crippen LogP contribution in [0.15, 0.2) is 60.8 Å². The van der Waals surface area contributed by atoms with Gasteiger partial charge in [-0.05, 0) is 47.2 Å². The number of carbonyl (C=O) groups is 1. The van der Waals surface area contributed by atoms with Crippen molar-refractivity contribution in [3.05, 3.63) is 82.0 Å². The molecule has 1 fully saturated rings. The second-order valence-corrected chi connectivity index (χ2v) is 12.1. The number of rotatable bonds is 8. The average Bonchev–Trinajstić information content (AvgIpc) is 3.45. The maximum atomic E-state index is 13.9. The van der Waals surface area contributed by atoms with Gasteiger partial charge in [-0.3, -0.25) is 9.48 Å². The van der Waals surface area contributed by atoms with Gasteiger partial charge in [0.1, 0.15) is 5.41 Å². The maximum Gasteiger partial charge on any atom is 0.243 e. The Kier molecular flexibility index (Phi) is 8.69. The van der Waals surface area contributed by atoms with Gasteiger partial charge < -0.3 is 20.8 Å². The molecule has 4 rings (SSSR count). The van der Waals surface area contributed by atoms with Crippen LogP contribution in [0.25, 0.3) is 0 Å². The largest absolute Gasteiger partial charge is 0.394 e. The number of halogens is 2. The summed E-state index contributed by atoms with van der Waals surface area (Å²) in [6.45, 7) is 6.00. The molecule has 5 atom stereocenters. The van der Waals surface area contributed by atoms with Gasteiger partial charge in [0.25, 0.3) is 0 Å². The zero-order chi connectivity index (χ0) is 28.4. The highest BCUT2D eigenvalue weighted by Crippen LogP contribution is 2.51. The van der Waals surface area contributed by atoms with E-state index in [1.165, 1.54) is 4.68 Å². The van der Waals surface area contributed by atoms with Crippen LogP contribution in [0, 0.1) is 16.7 Å². The number of amides is 1. The van der Waals surface area contributed by atoms with Crippen molar-refractivity contribution < 1.29 is 15.0 Å². The first-order valence-corrected chi connectivity index (χ1v) is 13.5. The van der Waals surface area contributed by atoms with Gasteiger partial charge in [0, 0.05) is 34.3 Å². The fourth-order valence-corrected chi connectivity index (χ4v) is 5.79. The molecule has 10 heteroatoms. The van der Waals surface area contributed by atoms with Crippen LogP contribution < -0.4 is 10.6 Å². The van der Waals surface area contributed by atoms with Gasteiger partial charge in [-0.2, -0.15) is 10.4 Å². The minimum absolute atomic E-state index is 0.0843. The third kappa shape index (κ3) is 6.29. The molecular formula is C29H33Cl2N5O3. The maximum absolute atomic E-state index is 13.9. The van der Waals surface area contributed by atoms with E-state index in [1.807, 2.05) is 24.3 Å². The molecule has 0 radical (unpaired) electrons. The Hall–Kier alpha value is -2.93. The zero-order valence-corrected chi connectivity index (χ0v) is 23.6. The van der Waals surface area contributed by atoms with E-state index in [9.17, 15) is 15.2 Å². The number of nitrogens with zero attached hydrogens (tertiary/aromatic N) is 3. The van der Waals surface area contributed by atoms with Crippen LogP contribution in [0.4, 0.5) is 5.82 Å². The Morgan fingerprint density at radius 3 is 2.54 bits per heavy atom. The number of carbonyl (C=O) groups excluding carboxylic acids is 1. The predicted octanol–water partition coefficient (Wildman–Crippen LogP) is 4.50. The number of aromatic nitrogens is 2. The minimum atomic E-state index is -1.12. The van der Waals surface area contributed by atoms with Gasteiger partial charge in [0.2, 0.25) is 5.91 Å². The van der Waals surface area contributed by atoms with Crippen LogP contribution in [-0.4, -0.2) is 50.7 Å². The highest BCUT2D eigenvalue weighted by molar-refractivity contribution is 6.30. The summed E-state index contributed by atoms with van der Waals surface area (Å²) in [6, 6.07) is 17.6. The monoisotopic (exact) mass is 569 g/mol. The summed E-state index contributed by atoms with van der Waals surface area (Å²) in [5.41, 5.74) is 0.260. The third-order valence-electron chi connectivity index (χ3n) is 7.07. The van der Waals surface area contributed by atoms with Crippen LogP contribution in [0.1, 0.15) is 44.2 Å². The predicted molar refractivity (Wildman–Crippen MR) is 152 cm³/mol. The highest BCUT2D eigenvalue weighted by Gasteiger charge is 2.59. The molecule has 0 spiro atoms. The van der Waals surface area contributed by atoms with E-state index in [2.05, 4.69) is 42.6 Å². The summed E-state index contributed by atoms with van der Waals surface area (Å²) in [7, 11) is 0. The number of anilines is 1. The second kappa shape index (κ2) is 11.7. The standard InChI is InChI=1S/C29H33Cl2N5O3/c1-28(2,3)14-23-29(17-32,19-7-9-20(30)10-8-19)25(18-5-4-6-21(31)13-18)26(33-23)27(39)34-24-11-12-36(35-24)15-22(38)16-37/h4-13,22-23,25-26,33,37-38H,14-16H2,1-3H3,(H,34,35,39)/t22-,23+,25+,26-,29+/m1/s1. The van der Waals surface area contributed by atoms with E-state index in [0.717, 1.165) is 11.1 Å². The summed E-state index contributed by atoms with van der Waals surface area (Å²) in [4.78, 5) is 13.9. The first-order valence-electron chi connectivity index (χ1n) is 12.8. The van der Waals surface area contributed by atoms with Crippen LogP contribution in [0.5, 0.6) is 0 Å². The zero-order valence-electron chi connectivity index (χ0n) is 22.1. The van der Waals surface area contributed by atoms with Crippen molar-refractivity contribution in [1.82, 2.24) is 15.1 Å². The molecule has 2 aromatic carbocycles. The molecule has 1 saturated heterocycles. The summed E-state index contributed by atoms with van der Waals surface area (Å²) >= 11 is 12.6. The van der Waals surface area contributed by atoms with E-state index in [1.54, 1.807) is 36.5 Å². The van der Waals surface area contributed by atoms with Crippen molar-refractivity contribution in [3.8, 4) is 6.07 Å². The summed E-state index contributed by atoms with van der Waals surface area (Å²) in [5, 5.41) is 41.6. The number of hydrogen-bond donors (Lipinski definition) is 4. The van der Waals surface area contributed by atoms with Crippen LogP contribution >= 0.6 is 23.2 Å². The molecule has 1 aliphatic rings. The molecule has 0 aliphatic carbocycles. The van der Waals surface area contributed by atoms with E-state index >= 15 is 0 Å². The first kappa shape index (κ1) is 29.1. The van der Waals surface area contributed by atoms with Gasteiger partial charge in [-0.25, -0.2) is 0 Å². The first-order chi connectivity index (χ1) is 18.5. The Bertz CT molecular complexity index is 1350. The van der Waals surface area contributed by atoms with Crippen molar-refractivity contribution in [3.63, 3.8) is 0 Å².